The number of thiocarbonyl (C=S) groups is 1. The number of benzene rings is 1. The molecule has 0 spiro atoms. The van der Waals surface area contributed by atoms with Gasteiger partial charge in [0.2, 0.25) is 0 Å². The number of rotatable bonds is 4. The van der Waals surface area contributed by atoms with Crippen molar-refractivity contribution in [3.63, 3.8) is 0 Å². The van der Waals surface area contributed by atoms with Crippen LogP contribution in [0.25, 0.3) is 0 Å². The summed E-state index contributed by atoms with van der Waals surface area (Å²) in [6.45, 7) is 2.85. The van der Waals surface area contributed by atoms with Gasteiger partial charge in [0, 0.05) is 24.5 Å². The van der Waals surface area contributed by atoms with Gasteiger partial charge in [0.15, 0.2) is 0 Å². The van der Waals surface area contributed by atoms with E-state index in [9.17, 15) is 0 Å². The Balaban J connectivity index is 2.14. The lowest BCUT2D eigenvalue weighted by atomic mass is 10.1. The van der Waals surface area contributed by atoms with Crippen LogP contribution in [0.1, 0.15) is 16.8 Å². The summed E-state index contributed by atoms with van der Waals surface area (Å²) in [6.07, 6.45) is 1.83. The molecule has 2 rings (SSSR count). The Kier molecular flexibility index (Phi) is 4.12. The van der Waals surface area contributed by atoms with Gasteiger partial charge in [-0.25, -0.2) is 0 Å². The minimum atomic E-state index is 0.426. The number of nitrogens with zero attached hydrogens (tertiary/aromatic N) is 2. The maximum absolute atomic E-state index is 5.59. The summed E-state index contributed by atoms with van der Waals surface area (Å²) in [4.78, 5) is 6.98. The molecule has 0 bridgehead atoms. The zero-order valence-corrected chi connectivity index (χ0v) is 11.9. The van der Waals surface area contributed by atoms with E-state index < -0.39 is 0 Å². The number of anilines is 1. The molecule has 0 aliphatic rings. The number of aromatic nitrogens is 1. The third-order valence-electron chi connectivity index (χ3n) is 3.10. The zero-order chi connectivity index (χ0) is 13.8. The standard InChI is InChI=1S/C15H17N3S/c1-11-4-3-9-17-14(11)10-18(2)13-7-5-12(6-8-13)15(16)19/h3-9H,10H2,1-2H3,(H2,16,19). The Labute approximate surface area is 119 Å². The molecule has 2 N–H and O–H groups in total. The van der Waals surface area contributed by atoms with Crippen LogP contribution in [0, 0.1) is 6.92 Å². The Morgan fingerprint density at radius 2 is 1.95 bits per heavy atom. The lowest BCUT2D eigenvalue weighted by molar-refractivity contribution is 0.874. The van der Waals surface area contributed by atoms with Crippen molar-refractivity contribution >= 4 is 22.9 Å². The van der Waals surface area contributed by atoms with Gasteiger partial charge < -0.3 is 10.6 Å². The third-order valence-corrected chi connectivity index (χ3v) is 3.33. The number of hydrogen-bond acceptors (Lipinski definition) is 3. The molecule has 1 aromatic carbocycles. The lowest BCUT2D eigenvalue weighted by Crippen LogP contribution is -2.18. The van der Waals surface area contributed by atoms with Crippen molar-refractivity contribution in [2.75, 3.05) is 11.9 Å². The van der Waals surface area contributed by atoms with Gasteiger partial charge >= 0.3 is 0 Å². The van der Waals surface area contributed by atoms with Crippen LogP contribution >= 0.6 is 12.2 Å². The van der Waals surface area contributed by atoms with Gasteiger partial charge in [0.05, 0.1) is 12.2 Å². The molecule has 98 valence electrons. The number of pyridine rings is 1. The molecular formula is C15H17N3S. The van der Waals surface area contributed by atoms with Gasteiger partial charge in [-0.3, -0.25) is 4.98 Å². The SMILES string of the molecule is Cc1cccnc1CN(C)c1ccc(C(N)=S)cc1. The fourth-order valence-electron chi connectivity index (χ4n) is 1.88. The van der Waals surface area contributed by atoms with E-state index in [-0.39, 0.29) is 0 Å². The van der Waals surface area contributed by atoms with E-state index in [0.29, 0.717) is 4.99 Å². The molecule has 3 nitrogen and oxygen atoms in total. The number of nitrogens with two attached hydrogens (primary N) is 1. The van der Waals surface area contributed by atoms with Gasteiger partial charge in [-0.15, -0.1) is 0 Å². The monoisotopic (exact) mass is 271 g/mol. The predicted octanol–water partition coefficient (Wildman–Crippen LogP) is 2.66. The molecule has 0 aliphatic carbocycles. The predicted molar refractivity (Wildman–Crippen MR) is 83.4 cm³/mol. The van der Waals surface area contributed by atoms with E-state index in [0.717, 1.165) is 23.5 Å². The Morgan fingerprint density at radius 3 is 2.53 bits per heavy atom. The van der Waals surface area contributed by atoms with E-state index in [1.807, 2.05) is 43.6 Å². The maximum Gasteiger partial charge on any atom is 0.103 e. The summed E-state index contributed by atoms with van der Waals surface area (Å²) in [5, 5.41) is 0. The Bertz CT molecular complexity index is 578. The lowest BCUT2D eigenvalue weighted by Gasteiger charge is -2.20. The second-order valence-electron chi connectivity index (χ2n) is 4.53. The topological polar surface area (TPSA) is 42.2 Å². The van der Waals surface area contributed by atoms with Gasteiger partial charge in [0.25, 0.3) is 0 Å². The molecule has 0 saturated heterocycles. The van der Waals surface area contributed by atoms with Crippen LogP contribution in [-0.2, 0) is 6.54 Å². The minimum absolute atomic E-state index is 0.426. The Hall–Kier alpha value is -1.94. The number of aryl methyl sites for hydroxylation is 1. The van der Waals surface area contributed by atoms with Crippen LogP contribution in [0.2, 0.25) is 0 Å². The zero-order valence-electron chi connectivity index (χ0n) is 11.1. The molecule has 0 amide bonds. The molecule has 4 heteroatoms. The molecule has 0 saturated carbocycles. The second-order valence-corrected chi connectivity index (χ2v) is 4.97. The first-order chi connectivity index (χ1) is 9.08. The molecule has 0 atom stereocenters. The first kappa shape index (κ1) is 13.5. The molecule has 0 unspecified atom stereocenters. The van der Waals surface area contributed by atoms with Gasteiger partial charge in [0.1, 0.15) is 4.99 Å². The summed E-state index contributed by atoms with van der Waals surface area (Å²) in [5.41, 5.74) is 9.89. The smallest absolute Gasteiger partial charge is 0.103 e. The van der Waals surface area contributed by atoms with Crippen LogP contribution in [0.5, 0.6) is 0 Å². The van der Waals surface area contributed by atoms with Crippen molar-refractivity contribution in [2.45, 2.75) is 13.5 Å². The molecular weight excluding hydrogens is 254 g/mol. The van der Waals surface area contributed by atoms with Crippen molar-refractivity contribution in [3.8, 4) is 0 Å². The first-order valence-electron chi connectivity index (χ1n) is 6.09. The molecule has 0 aliphatic heterocycles. The summed E-state index contributed by atoms with van der Waals surface area (Å²) >= 11 is 4.95. The quantitative estimate of drug-likeness (QED) is 0.868. The summed E-state index contributed by atoms with van der Waals surface area (Å²) in [5.74, 6) is 0. The van der Waals surface area contributed by atoms with E-state index in [4.69, 9.17) is 18.0 Å². The van der Waals surface area contributed by atoms with Crippen molar-refractivity contribution in [3.05, 3.63) is 59.4 Å². The van der Waals surface area contributed by atoms with E-state index in [1.165, 1.54) is 5.56 Å². The molecule has 1 aromatic heterocycles. The van der Waals surface area contributed by atoms with E-state index in [2.05, 4.69) is 22.9 Å². The highest BCUT2D eigenvalue weighted by Gasteiger charge is 2.05. The summed E-state index contributed by atoms with van der Waals surface area (Å²) < 4.78 is 0. The van der Waals surface area contributed by atoms with Crippen LogP contribution in [0.15, 0.2) is 42.6 Å². The van der Waals surface area contributed by atoms with Crippen molar-refractivity contribution in [1.82, 2.24) is 4.98 Å². The van der Waals surface area contributed by atoms with Crippen molar-refractivity contribution in [2.24, 2.45) is 5.73 Å². The van der Waals surface area contributed by atoms with Gasteiger partial charge in [-0.2, -0.15) is 0 Å². The second kappa shape index (κ2) is 5.80. The first-order valence-corrected chi connectivity index (χ1v) is 6.50. The average molecular weight is 271 g/mol. The highest BCUT2D eigenvalue weighted by molar-refractivity contribution is 7.80. The van der Waals surface area contributed by atoms with Crippen LogP contribution in [0.4, 0.5) is 5.69 Å². The Morgan fingerprint density at radius 1 is 1.26 bits per heavy atom. The molecule has 19 heavy (non-hydrogen) atoms. The van der Waals surface area contributed by atoms with Crippen LogP contribution in [-0.4, -0.2) is 17.0 Å². The fraction of sp³-hybridized carbons (Fsp3) is 0.200. The fourth-order valence-corrected chi connectivity index (χ4v) is 2.02. The van der Waals surface area contributed by atoms with Crippen molar-refractivity contribution in [1.29, 1.82) is 0 Å². The average Bonchev–Trinajstić information content (AvgIpc) is 2.41. The highest BCUT2D eigenvalue weighted by Crippen LogP contribution is 2.17. The van der Waals surface area contributed by atoms with E-state index in [1.54, 1.807) is 0 Å². The normalized spacial score (nSPS) is 10.2. The van der Waals surface area contributed by atoms with E-state index >= 15 is 0 Å². The third kappa shape index (κ3) is 3.29. The summed E-state index contributed by atoms with van der Waals surface area (Å²) in [7, 11) is 2.05. The molecule has 0 fully saturated rings. The molecule has 2 aromatic rings. The van der Waals surface area contributed by atoms with Gasteiger partial charge in [-0.1, -0.05) is 18.3 Å². The number of hydrogen-bond donors (Lipinski definition) is 1. The largest absolute Gasteiger partial charge is 0.389 e. The van der Waals surface area contributed by atoms with Gasteiger partial charge in [-0.05, 0) is 42.8 Å². The van der Waals surface area contributed by atoms with Crippen LogP contribution < -0.4 is 10.6 Å². The van der Waals surface area contributed by atoms with Crippen molar-refractivity contribution < 1.29 is 0 Å². The molecule has 1 heterocycles. The van der Waals surface area contributed by atoms with Crippen LogP contribution in [0.3, 0.4) is 0 Å². The minimum Gasteiger partial charge on any atom is -0.389 e. The maximum atomic E-state index is 5.59. The molecule has 0 radical (unpaired) electrons. The summed E-state index contributed by atoms with van der Waals surface area (Å²) in [6, 6.07) is 12.0. The highest BCUT2D eigenvalue weighted by atomic mass is 32.1.